The molecule has 2 N–H and O–H groups in total. The van der Waals surface area contributed by atoms with E-state index in [0.717, 1.165) is 34.7 Å². The monoisotopic (exact) mass is 461 g/mol. The summed E-state index contributed by atoms with van der Waals surface area (Å²) in [5.74, 6) is 0.0827. The van der Waals surface area contributed by atoms with Crippen molar-refractivity contribution in [2.75, 3.05) is 5.32 Å². The molecule has 1 atom stereocenters. The van der Waals surface area contributed by atoms with Gasteiger partial charge >= 0.3 is 5.97 Å². The molecule has 3 aromatic rings. The molecule has 1 aromatic heterocycles. The first-order chi connectivity index (χ1) is 15.8. The molecular formula is C26H27N3O3S. The van der Waals surface area contributed by atoms with E-state index in [2.05, 4.69) is 40.3 Å². The number of anilines is 1. The first kappa shape index (κ1) is 22.7. The van der Waals surface area contributed by atoms with Crippen molar-refractivity contribution in [1.29, 1.82) is 0 Å². The first-order valence-corrected chi connectivity index (χ1v) is 11.7. The second-order valence-corrected chi connectivity index (χ2v) is 9.07. The van der Waals surface area contributed by atoms with Gasteiger partial charge in [0.15, 0.2) is 5.50 Å². The number of aryl methyl sites for hydroxylation is 2. The van der Waals surface area contributed by atoms with Gasteiger partial charge in [-0.2, -0.15) is 0 Å². The molecule has 4 rings (SSSR count). The number of nitrogens with zero attached hydrogens (tertiary/aromatic N) is 1. The van der Waals surface area contributed by atoms with Crippen LogP contribution in [0.25, 0.3) is 11.8 Å². The van der Waals surface area contributed by atoms with Gasteiger partial charge in [0.2, 0.25) is 0 Å². The number of benzene rings is 2. The fraction of sp³-hybridized carbons (Fsp3) is 0.231. The minimum absolute atomic E-state index is 0.0850. The van der Waals surface area contributed by atoms with E-state index in [9.17, 15) is 9.59 Å². The lowest BCUT2D eigenvalue weighted by atomic mass is 10.1. The highest BCUT2D eigenvalue weighted by Crippen LogP contribution is 2.32. The number of aromatic nitrogens is 1. The van der Waals surface area contributed by atoms with E-state index in [1.165, 1.54) is 24.2 Å². The van der Waals surface area contributed by atoms with Gasteiger partial charge in [-0.05, 0) is 79.9 Å². The van der Waals surface area contributed by atoms with Gasteiger partial charge in [0.25, 0.3) is 5.91 Å². The van der Waals surface area contributed by atoms with Crippen molar-refractivity contribution < 1.29 is 14.3 Å². The summed E-state index contributed by atoms with van der Waals surface area (Å²) in [6.07, 6.45) is 2.94. The maximum absolute atomic E-state index is 12.6. The van der Waals surface area contributed by atoms with Gasteiger partial charge in [-0.15, -0.1) is 0 Å². The number of thioether (sulfide) groups is 1. The van der Waals surface area contributed by atoms with Gasteiger partial charge in [-0.1, -0.05) is 30.8 Å². The minimum atomic E-state index is -0.344. The molecule has 1 fully saturated rings. The van der Waals surface area contributed by atoms with Crippen LogP contribution in [0.1, 0.15) is 36.4 Å². The Balaban J connectivity index is 1.52. The minimum Gasteiger partial charge on any atom is -0.427 e. The highest BCUT2D eigenvalue weighted by molar-refractivity contribution is 8.05. The molecule has 33 heavy (non-hydrogen) atoms. The standard InChI is InChI=1S/C26H27N3O3S/c1-5-19-6-8-21(9-7-19)27-26-28-25(31)24(33-26)15-20-14-16(2)29(17(20)3)22-10-12-23(13-11-22)32-18(4)30/h6-15,26-27H,5H2,1-4H3,(H,28,31)/b24-15-/t26-/m1/s1. The number of hydrogen-bond donors (Lipinski definition) is 2. The molecule has 6 nitrogen and oxygen atoms in total. The SMILES string of the molecule is CCc1ccc(N[C@@H]2NC(=O)/C(=C/c3cc(C)n(-c4ccc(OC(C)=O)cc4)c3C)S2)cc1. The van der Waals surface area contributed by atoms with Gasteiger partial charge in [0.1, 0.15) is 5.75 Å². The topological polar surface area (TPSA) is 72.4 Å². The molecular weight excluding hydrogens is 434 g/mol. The van der Waals surface area contributed by atoms with Crippen LogP contribution in [0, 0.1) is 13.8 Å². The zero-order chi connectivity index (χ0) is 23.5. The van der Waals surface area contributed by atoms with Crippen LogP contribution in [-0.4, -0.2) is 21.9 Å². The van der Waals surface area contributed by atoms with Gasteiger partial charge in [-0.3, -0.25) is 9.59 Å². The van der Waals surface area contributed by atoms with Crippen molar-refractivity contribution in [2.24, 2.45) is 0 Å². The van der Waals surface area contributed by atoms with E-state index in [4.69, 9.17) is 4.74 Å². The van der Waals surface area contributed by atoms with Crippen LogP contribution in [0.15, 0.2) is 59.5 Å². The third-order valence-corrected chi connectivity index (χ3v) is 6.53. The van der Waals surface area contributed by atoms with E-state index < -0.39 is 0 Å². The Morgan fingerprint density at radius 3 is 2.48 bits per heavy atom. The van der Waals surface area contributed by atoms with Crippen LogP contribution in [0.5, 0.6) is 5.75 Å². The summed E-state index contributed by atoms with van der Waals surface area (Å²) in [4.78, 5) is 24.4. The summed E-state index contributed by atoms with van der Waals surface area (Å²) in [6.45, 7) is 7.57. The van der Waals surface area contributed by atoms with Gasteiger partial charge in [0, 0.05) is 29.7 Å². The third-order valence-electron chi connectivity index (χ3n) is 5.50. The quantitative estimate of drug-likeness (QED) is 0.301. The van der Waals surface area contributed by atoms with Gasteiger partial charge in [-0.25, -0.2) is 0 Å². The number of amides is 1. The lowest BCUT2D eigenvalue weighted by molar-refractivity contribution is -0.131. The normalized spacial score (nSPS) is 16.7. The number of rotatable bonds is 6. The molecule has 0 bridgehead atoms. The molecule has 2 heterocycles. The second-order valence-electron chi connectivity index (χ2n) is 7.92. The largest absolute Gasteiger partial charge is 0.427 e. The van der Waals surface area contributed by atoms with E-state index >= 15 is 0 Å². The number of carbonyl (C=O) groups excluding carboxylic acids is 2. The Morgan fingerprint density at radius 1 is 1.15 bits per heavy atom. The van der Waals surface area contributed by atoms with E-state index in [-0.39, 0.29) is 17.4 Å². The summed E-state index contributed by atoms with van der Waals surface area (Å²) in [7, 11) is 0. The van der Waals surface area contributed by atoms with Crippen LogP contribution in [-0.2, 0) is 16.0 Å². The van der Waals surface area contributed by atoms with Crippen molar-refractivity contribution in [3.05, 3.63) is 82.0 Å². The summed E-state index contributed by atoms with van der Waals surface area (Å²) in [5, 5.41) is 6.36. The fourth-order valence-corrected chi connectivity index (χ4v) is 4.83. The van der Waals surface area contributed by atoms with E-state index in [0.29, 0.717) is 10.7 Å². The van der Waals surface area contributed by atoms with Crippen LogP contribution < -0.4 is 15.4 Å². The molecule has 7 heteroatoms. The number of carbonyl (C=O) groups is 2. The zero-order valence-electron chi connectivity index (χ0n) is 19.1. The summed E-state index contributed by atoms with van der Waals surface area (Å²) in [5.41, 5.74) is 6.07. The Labute approximate surface area is 198 Å². The molecule has 2 aromatic carbocycles. The maximum atomic E-state index is 12.6. The highest BCUT2D eigenvalue weighted by Gasteiger charge is 2.27. The predicted molar refractivity (Wildman–Crippen MR) is 133 cm³/mol. The molecule has 0 spiro atoms. The fourth-order valence-electron chi connectivity index (χ4n) is 3.85. The third kappa shape index (κ3) is 5.14. The first-order valence-electron chi connectivity index (χ1n) is 10.9. The van der Waals surface area contributed by atoms with Crippen molar-refractivity contribution >= 4 is 35.4 Å². The molecule has 1 aliphatic heterocycles. The Hall–Kier alpha value is -3.45. The van der Waals surface area contributed by atoms with Crippen molar-refractivity contribution in [3.63, 3.8) is 0 Å². The molecule has 1 aliphatic rings. The zero-order valence-corrected chi connectivity index (χ0v) is 20.0. The Morgan fingerprint density at radius 2 is 1.85 bits per heavy atom. The van der Waals surface area contributed by atoms with Crippen LogP contribution in [0.3, 0.4) is 0 Å². The van der Waals surface area contributed by atoms with E-state index in [1.54, 1.807) is 12.1 Å². The smallest absolute Gasteiger partial charge is 0.308 e. The van der Waals surface area contributed by atoms with Crippen molar-refractivity contribution in [1.82, 2.24) is 9.88 Å². The Kier molecular flexibility index (Phi) is 6.60. The van der Waals surface area contributed by atoms with Crippen LogP contribution in [0.4, 0.5) is 5.69 Å². The molecule has 1 saturated heterocycles. The summed E-state index contributed by atoms with van der Waals surface area (Å²) in [6, 6.07) is 17.7. The molecule has 0 saturated carbocycles. The Bertz CT molecular complexity index is 1210. The van der Waals surface area contributed by atoms with Crippen LogP contribution >= 0.6 is 11.8 Å². The van der Waals surface area contributed by atoms with Crippen molar-refractivity contribution in [3.8, 4) is 11.4 Å². The number of esters is 1. The van der Waals surface area contributed by atoms with Gasteiger partial charge < -0.3 is 19.9 Å². The maximum Gasteiger partial charge on any atom is 0.308 e. The molecule has 0 aliphatic carbocycles. The molecule has 0 unspecified atom stereocenters. The number of nitrogens with one attached hydrogen (secondary N) is 2. The lowest BCUT2D eigenvalue weighted by Crippen LogP contribution is -2.30. The summed E-state index contributed by atoms with van der Waals surface area (Å²) >= 11 is 1.48. The number of hydrogen-bond acceptors (Lipinski definition) is 5. The highest BCUT2D eigenvalue weighted by atomic mass is 32.2. The molecule has 1 amide bonds. The summed E-state index contributed by atoms with van der Waals surface area (Å²) < 4.78 is 7.24. The lowest BCUT2D eigenvalue weighted by Gasteiger charge is -2.12. The number of ether oxygens (including phenoxy) is 1. The average Bonchev–Trinajstić information content (AvgIpc) is 3.27. The van der Waals surface area contributed by atoms with E-state index in [1.807, 2.05) is 44.2 Å². The average molecular weight is 462 g/mol. The van der Waals surface area contributed by atoms with Crippen molar-refractivity contribution in [2.45, 2.75) is 39.6 Å². The predicted octanol–water partition coefficient (Wildman–Crippen LogP) is 5.18. The molecule has 0 radical (unpaired) electrons. The van der Waals surface area contributed by atoms with Gasteiger partial charge in [0.05, 0.1) is 4.91 Å². The molecule has 170 valence electrons. The van der Waals surface area contributed by atoms with Crippen LogP contribution in [0.2, 0.25) is 0 Å². The second kappa shape index (κ2) is 9.58.